The van der Waals surface area contributed by atoms with Gasteiger partial charge in [0.1, 0.15) is 25.5 Å². The minimum Gasteiger partial charge on any atom is -0.496 e. The first-order valence-corrected chi connectivity index (χ1v) is 9.63. The smallest absolute Gasteiger partial charge is 0.254 e. The third kappa shape index (κ3) is 4.56. The largest absolute Gasteiger partial charge is 0.496 e. The van der Waals surface area contributed by atoms with Crippen LogP contribution in [-0.2, 0) is 4.79 Å². The molecule has 1 heterocycles. The van der Waals surface area contributed by atoms with E-state index in [9.17, 15) is 9.59 Å². The molecular formula is C20H21BrN2O5. The number of carbonyl (C=O) groups excluding carboxylic acids is 2. The molecule has 0 bridgehead atoms. The molecule has 148 valence electrons. The fourth-order valence-corrected chi connectivity index (χ4v) is 3.34. The number of likely N-dealkylation sites (N-methyl/N-ethyl adjacent to an activating group) is 1. The van der Waals surface area contributed by atoms with Crippen molar-refractivity contribution in [3.63, 3.8) is 0 Å². The molecule has 0 atom stereocenters. The van der Waals surface area contributed by atoms with Crippen LogP contribution in [0.15, 0.2) is 40.9 Å². The van der Waals surface area contributed by atoms with Crippen molar-refractivity contribution in [2.75, 3.05) is 38.7 Å². The lowest BCUT2D eigenvalue weighted by atomic mass is 10.2. The van der Waals surface area contributed by atoms with Crippen LogP contribution in [0.2, 0.25) is 0 Å². The molecule has 2 aromatic rings. The van der Waals surface area contributed by atoms with Gasteiger partial charge >= 0.3 is 0 Å². The van der Waals surface area contributed by atoms with Gasteiger partial charge in [0.05, 0.1) is 11.6 Å². The number of nitrogens with zero attached hydrogens (tertiary/aromatic N) is 1. The highest BCUT2D eigenvalue weighted by Gasteiger charge is 2.19. The van der Waals surface area contributed by atoms with E-state index in [1.165, 1.54) is 4.90 Å². The van der Waals surface area contributed by atoms with Crippen LogP contribution in [0.25, 0.3) is 0 Å². The highest BCUT2D eigenvalue weighted by molar-refractivity contribution is 9.10. The zero-order chi connectivity index (χ0) is 20.1. The SMILES string of the molecule is CCN(CC(=O)Nc1ccc2c(c1)OCCO2)C(=O)c1ccc(OC)c(Br)c1. The van der Waals surface area contributed by atoms with E-state index in [4.69, 9.17) is 14.2 Å². The molecule has 0 aliphatic carbocycles. The van der Waals surface area contributed by atoms with Gasteiger partial charge in [-0.2, -0.15) is 0 Å². The van der Waals surface area contributed by atoms with Gasteiger partial charge in [0.25, 0.3) is 5.91 Å². The number of carbonyl (C=O) groups is 2. The van der Waals surface area contributed by atoms with Crippen molar-refractivity contribution in [3.05, 3.63) is 46.4 Å². The van der Waals surface area contributed by atoms with Crippen molar-refractivity contribution in [2.24, 2.45) is 0 Å². The van der Waals surface area contributed by atoms with Crippen LogP contribution in [0.1, 0.15) is 17.3 Å². The molecule has 0 unspecified atom stereocenters. The van der Waals surface area contributed by atoms with Crippen molar-refractivity contribution in [1.82, 2.24) is 4.90 Å². The lowest BCUT2D eigenvalue weighted by Crippen LogP contribution is -2.37. The number of methoxy groups -OCH3 is 1. The van der Waals surface area contributed by atoms with Gasteiger partial charge in [-0.05, 0) is 53.2 Å². The Morgan fingerprint density at radius 3 is 2.57 bits per heavy atom. The highest BCUT2D eigenvalue weighted by atomic mass is 79.9. The van der Waals surface area contributed by atoms with Crippen LogP contribution in [0.4, 0.5) is 5.69 Å². The van der Waals surface area contributed by atoms with E-state index >= 15 is 0 Å². The highest BCUT2D eigenvalue weighted by Crippen LogP contribution is 2.32. The van der Waals surface area contributed by atoms with Crippen LogP contribution in [0.3, 0.4) is 0 Å². The summed E-state index contributed by atoms with van der Waals surface area (Å²) in [5, 5.41) is 2.80. The van der Waals surface area contributed by atoms with Gasteiger partial charge < -0.3 is 24.4 Å². The Bertz CT molecular complexity index is 887. The molecular weight excluding hydrogens is 428 g/mol. The standard InChI is InChI=1S/C20H21BrN2O5/c1-3-23(20(25)13-4-6-16(26-2)15(21)10-13)12-19(24)22-14-5-7-17-18(11-14)28-9-8-27-17/h4-7,10-11H,3,8-9,12H2,1-2H3,(H,22,24). The number of halogens is 1. The molecule has 0 saturated heterocycles. The van der Waals surface area contributed by atoms with Gasteiger partial charge in [-0.15, -0.1) is 0 Å². The van der Waals surface area contributed by atoms with Gasteiger partial charge in [-0.3, -0.25) is 9.59 Å². The Morgan fingerprint density at radius 1 is 1.14 bits per heavy atom. The first kappa shape index (κ1) is 20.0. The van der Waals surface area contributed by atoms with Gasteiger partial charge in [0, 0.05) is 23.9 Å². The van der Waals surface area contributed by atoms with Crippen LogP contribution in [0.5, 0.6) is 17.2 Å². The summed E-state index contributed by atoms with van der Waals surface area (Å²) in [4.78, 5) is 26.7. The molecule has 2 aromatic carbocycles. The number of hydrogen-bond donors (Lipinski definition) is 1. The Hall–Kier alpha value is -2.74. The van der Waals surface area contributed by atoms with Crippen LogP contribution < -0.4 is 19.5 Å². The molecule has 1 N–H and O–H groups in total. The summed E-state index contributed by atoms with van der Waals surface area (Å²) in [7, 11) is 1.56. The van der Waals surface area contributed by atoms with Crippen molar-refractivity contribution in [3.8, 4) is 17.2 Å². The zero-order valence-corrected chi connectivity index (χ0v) is 17.2. The Morgan fingerprint density at radius 2 is 1.89 bits per heavy atom. The second kappa shape index (κ2) is 8.97. The molecule has 0 saturated carbocycles. The number of rotatable bonds is 6. The third-order valence-electron chi connectivity index (χ3n) is 4.23. The first-order chi connectivity index (χ1) is 13.5. The third-order valence-corrected chi connectivity index (χ3v) is 4.85. The fraction of sp³-hybridized carbons (Fsp3) is 0.300. The predicted octanol–water partition coefficient (Wildman–Crippen LogP) is 3.33. The molecule has 3 rings (SSSR count). The number of nitrogens with one attached hydrogen (secondary N) is 1. The van der Waals surface area contributed by atoms with Crippen LogP contribution in [-0.4, -0.2) is 50.1 Å². The van der Waals surface area contributed by atoms with Crippen molar-refractivity contribution in [2.45, 2.75) is 6.92 Å². The minimum atomic E-state index is -0.292. The van der Waals surface area contributed by atoms with E-state index in [1.807, 2.05) is 6.92 Å². The quantitative estimate of drug-likeness (QED) is 0.733. The Labute approximate surface area is 171 Å². The maximum absolute atomic E-state index is 12.8. The summed E-state index contributed by atoms with van der Waals surface area (Å²) in [6, 6.07) is 10.3. The van der Waals surface area contributed by atoms with Crippen LogP contribution >= 0.6 is 15.9 Å². The van der Waals surface area contributed by atoms with E-state index in [1.54, 1.807) is 43.5 Å². The van der Waals surface area contributed by atoms with E-state index in [0.29, 0.717) is 52.7 Å². The average Bonchev–Trinajstić information content (AvgIpc) is 2.71. The van der Waals surface area contributed by atoms with Gasteiger partial charge in [-0.1, -0.05) is 0 Å². The molecule has 0 radical (unpaired) electrons. The van der Waals surface area contributed by atoms with Gasteiger partial charge in [0.15, 0.2) is 11.5 Å². The first-order valence-electron chi connectivity index (χ1n) is 8.84. The lowest BCUT2D eigenvalue weighted by molar-refractivity contribution is -0.116. The number of hydrogen-bond acceptors (Lipinski definition) is 5. The fourth-order valence-electron chi connectivity index (χ4n) is 2.80. The van der Waals surface area contributed by atoms with E-state index in [0.717, 1.165) is 0 Å². The number of benzene rings is 2. The van der Waals surface area contributed by atoms with Crippen molar-refractivity contribution < 1.29 is 23.8 Å². The molecule has 1 aliphatic heterocycles. The number of fused-ring (bicyclic) bond motifs is 1. The second-order valence-electron chi connectivity index (χ2n) is 6.08. The summed E-state index contributed by atoms with van der Waals surface area (Å²) in [6.45, 7) is 3.14. The van der Waals surface area contributed by atoms with E-state index < -0.39 is 0 Å². The lowest BCUT2D eigenvalue weighted by Gasteiger charge is -2.22. The average molecular weight is 449 g/mol. The Balaban J connectivity index is 1.66. The van der Waals surface area contributed by atoms with E-state index in [-0.39, 0.29) is 18.4 Å². The van der Waals surface area contributed by atoms with Crippen molar-refractivity contribution in [1.29, 1.82) is 0 Å². The van der Waals surface area contributed by atoms with Gasteiger partial charge in [0.2, 0.25) is 5.91 Å². The normalized spacial score (nSPS) is 12.2. The topological polar surface area (TPSA) is 77.1 Å². The molecule has 8 heteroatoms. The summed E-state index contributed by atoms with van der Waals surface area (Å²) >= 11 is 3.37. The summed E-state index contributed by atoms with van der Waals surface area (Å²) in [6.07, 6.45) is 0. The Kier molecular flexibility index (Phi) is 6.41. The zero-order valence-electron chi connectivity index (χ0n) is 15.7. The van der Waals surface area contributed by atoms with Gasteiger partial charge in [-0.25, -0.2) is 0 Å². The number of amides is 2. The molecule has 0 spiro atoms. The molecule has 1 aliphatic rings. The summed E-state index contributed by atoms with van der Waals surface area (Å²) in [5.74, 6) is 1.36. The number of ether oxygens (including phenoxy) is 3. The summed E-state index contributed by atoms with van der Waals surface area (Å²) in [5.41, 5.74) is 1.06. The van der Waals surface area contributed by atoms with Crippen LogP contribution in [0, 0.1) is 0 Å². The second-order valence-corrected chi connectivity index (χ2v) is 6.93. The maximum atomic E-state index is 12.8. The number of anilines is 1. The minimum absolute atomic E-state index is 0.0621. The molecule has 0 aromatic heterocycles. The predicted molar refractivity (Wildman–Crippen MR) is 108 cm³/mol. The maximum Gasteiger partial charge on any atom is 0.254 e. The summed E-state index contributed by atoms with van der Waals surface area (Å²) < 4.78 is 16.8. The molecule has 28 heavy (non-hydrogen) atoms. The van der Waals surface area contributed by atoms with Crippen molar-refractivity contribution >= 4 is 33.4 Å². The molecule has 0 fully saturated rings. The molecule has 7 nitrogen and oxygen atoms in total. The van der Waals surface area contributed by atoms with E-state index in [2.05, 4.69) is 21.2 Å². The monoisotopic (exact) mass is 448 g/mol. The molecule has 2 amide bonds.